The maximum atomic E-state index is 12.3. The maximum absolute atomic E-state index is 12.3. The van der Waals surface area contributed by atoms with Gasteiger partial charge in [-0.3, -0.25) is 10.1 Å². The van der Waals surface area contributed by atoms with Crippen LogP contribution in [0.1, 0.15) is 24.5 Å². The van der Waals surface area contributed by atoms with E-state index >= 15 is 0 Å². The van der Waals surface area contributed by atoms with E-state index in [1.165, 1.54) is 23.1 Å². The van der Waals surface area contributed by atoms with E-state index in [-0.39, 0.29) is 5.91 Å². The molecule has 0 aliphatic heterocycles. The predicted molar refractivity (Wildman–Crippen MR) is 90.9 cm³/mol. The summed E-state index contributed by atoms with van der Waals surface area (Å²) < 4.78 is 6.70. The molecule has 0 aliphatic rings. The van der Waals surface area contributed by atoms with Gasteiger partial charge in [0.25, 0.3) is 5.91 Å². The molecule has 1 aromatic heterocycles. The number of rotatable bonds is 6. The van der Waals surface area contributed by atoms with Crippen molar-refractivity contribution in [3.8, 4) is 5.75 Å². The molecule has 0 aliphatic carbocycles. The lowest BCUT2D eigenvalue weighted by molar-refractivity contribution is -0.122. The maximum Gasteiger partial charge on any atom is 0.267 e. The standard InChI is InChI=1S/C15H19N3O2S2/c1-5-11(20-12-8-6-7-9(2)10(12)3)13(19)16-14-17-18-15(21-4)22-14/h6-8,11H,5H2,1-4H3,(H,16,17,19)/t11-/m1/s1. The number of nitrogens with zero attached hydrogens (tertiary/aromatic N) is 2. The zero-order valence-electron chi connectivity index (χ0n) is 13.0. The third-order valence-electron chi connectivity index (χ3n) is 3.30. The van der Waals surface area contributed by atoms with Crippen molar-refractivity contribution in [2.24, 2.45) is 0 Å². The van der Waals surface area contributed by atoms with Crippen LogP contribution >= 0.6 is 23.1 Å². The number of hydrogen-bond acceptors (Lipinski definition) is 6. The molecule has 0 unspecified atom stereocenters. The van der Waals surface area contributed by atoms with Crippen LogP contribution in [0, 0.1) is 13.8 Å². The molecule has 7 heteroatoms. The third kappa shape index (κ3) is 3.98. The highest BCUT2D eigenvalue weighted by Gasteiger charge is 2.21. The quantitative estimate of drug-likeness (QED) is 0.643. The summed E-state index contributed by atoms with van der Waals surface area (Å²) in [6, 6.07) is 5.83. The van der Waals surface area contributed by atoms with Gasteiger partial charge in [-0.05, 0) is 43.7 Å². The van der Waals surface area contributed by atoms with Gasteiger partial charge in [0, 0.05) is 0 Å². The Balaban J connectivity index is 2.07. The highest BCUT2D eigenvalue weighted by Crippen LogP contribution is 2.25. The molecule has 118 valence electrons. The van der Waals surface area contributed by atoms with Gasteiger partial charge in [-0.1, -0.05) is 42.2 Å². The van der Waals surface area contributed by atoms with Gasteiger partial charge < -0.3 is 4.74 Å². The predicted octanol–water partition coefficient (Wildman–Crippen LogP) is 3.67. The lowest BCUT2D eigenvalue weighted by Crippen LogP contribution is -2.32. The molecule has 2 rings (SSSR count). The van der Waals surface area contributed by atoms with Crippen LogP contribution in [-0.4, -0.2) is 28.5 Å². The molecule has 1 N–H and O–H groups in total. The zero-order chi connectivity index (χ0) is 16.1. The van der Waals surface area contributed by atoms with Crippen LogP contribution in [0.2, 0.25) is 0 Å². The number of carbonyl (C=O) groups excluding carboxylic acids is 1. The monoisotopic (exact) mass is 337 g/mol. The van der Waals surface area contributed by atoms with E-state index in [0.29, 0.717) is 11.6 Å². The average molecular weight is 337 g/mol. The molecule has 0 bridgehead atoms. The van der Waals surface area contributed by atoms with Crippen molar-refractivity contribution in [3.05, 3.63) is 29.3 Å². The van der Waals surface area contributed by atoms with Crippen molar-refractivity contribution in [2.75, 3.05) is 11.6 Å². The Labute approximate surface area is 138 Å². The minimum absolute atomic E-state index is 0.202. The van der Waals surface area contributed by atoms with Crippen LogP contribution in [0.4, 0.5) is 5.13 Å². The summed E-state index contributed by atoms with van der Waals surface area (Å²) in [5, 5.41) is 11.2. The second-order valence-electron chi connectivity index (χ2n) is 4.78. The minimum Gasteiger partial charge on any atom is -0.480 e. The van der Waals surface area contributed by atoms with Crippen LogP contribution in [0.15, 0.2) is 22.5 Å². The van der Waals surface area contributed by atoms with Crippen LogP contribution in [0.5, 0.6) is 5.75 Å². The van der Waals surface area contributed by atoms with Crippen LogP contribution in [0.25, 0.3) is 0 Å². The Morgan fingerprint density at radius 3 is 2.82 bits per heavy atom. The molecule has 22 heavy (non-hydrogen) atoms. The van der Waals surface area contributed by atoms with E-state index in [2.05, 4.69) is 15.5 Å². The Bertz CT molecular complexity index is 658. The average Bonchev–Trinajstić information content (AvgIpc) is 2.96. The molecule has 1 amide bonds. The van der Waals surface area contributed by atoms with Crippen molar-refractivity contribution in [3.63, 3.8) is 0 Å². The number of aromatic nitrogens is 2. The van der Waals surface area contributed by atoms with Gasteiger partial charge in [0.1, 0.15) is 5.75 Å². The van der Waals surface area contributed by atoms with Crippen LogP contribution < -0.4 is 10.1 Å². The van der Waals surface area contributed by atoms with Crippen molar-refractivity contribution in [1.82, 2.24) is 10.2 Å². The number of anilines is 1. The Kier molecular flexibility index (Phi) is 5.79. The number of nitrogens with one attached hydrogen (secondary N) is 1. The summed E-state index contributed by atoms with van der Waals surface area (Å²) in [6.45, 7) is 5.93. The Morgan fingerprint density at radius 1 is 1.41 bits per heavy atom. The van der Waals surface area contributed by atoms with Crippen molar-refractivity contribution < 1.29 is 9.53 Å². The lowest BCUT2D eigenvalue weighted by Gasteiger charge is -2.18. The first-order valence-electron chi connectivity index (χ1n) is 6.96. The summed E-state index contributed by atoms with van der Waals surface area (Å²) in [4.78, 5) is 12.3. The number of aryl methyl sites for hydroxylation is 1. The van der Waals surface area contributed by atoms with E-state index < -0.39 is 6.10 Å². The first kappa shape index (κ1) is 16.8. The molecule has 0 saturated heterocycles. The first-order valence-corrected chi connectivity index (χ1v) is 9.00. The smallest absolute Gasteiger partial charge is 0.267 e. The van der Waals surface area contributed by atoms with E-state index in [4.69, 9.17) is 4.74 Å². The van der Waals surface area contributed by atoms with Gasteiger partial charge in [-0.2, -0.15) is 0 Å². The number of carbonyl (C=O) groups is 1. The molecule has 0 radical (unpaired) electrons. The number of amides is 1. The summed E-state index contributed by atoms with van der Waals surface area (Å²) in [7, 11) is 0. The molecule has 0 spiro atoms. The molecular weight excluding hydrogens is 318 g/mol. The Morgan fingerprint density at radius 2 is 2.18 bits per heavy atom. The van der Waals surface area contributed by atoms with Crippen LogP contribution in [-0.2, 0) is 4.79 Å². The van der Waals surface area contributed by atoms with Crippen molar-refractivity contribution in [2.45, 2.75) is 37.6 Å². The number of benzene rings is 1. The molecule has 1 atom stereocenters. The second kappa shape index (κ2) is 7.60. The van der Waals surface area contributed by atoms with Crippen molar-refractivity contribution in [1.29, 1.82) is 0 Å². The van der Waals surface area contributed by atoms with E-state index in [0.717, 1.165) is 21.2 Å². The zero-order valence-corrected chi connectivity index (χ0v) is 14.7. The molecule has 2 aromatic rings. The summed E-state index contributed by atoms with van der Waals surface area (Å²) in [5.41, 5.74) is 2.19. The van der Waals surface area contributed by atoms with Gasteiger partial charge in [0.05, 0.1) is 0 Å². The molecule has 1 aromatic carbocycles. The molecule has 5 nitrogen and oxygen atoms in total. The molecule has 0 saturated carbocycles. The Hall–Kier alpha value is -1.60. The number of hydrogen-bond donors (Lipinski definition) is 1. The van der Waals surface area contributed by atoms with Gasteiger partial charge in [-0.25, -0.2) is 0 Å². The summed E-state index contributed by atoms with van der Waals surface area (Å²) >= 11 is 2.85. The first-order chi connectivity index (χ1) is 10.5. The highest BCUT2D eigenvalue weighted by molar-refractivity contribution is 8.00. The van der Waals surface area contributed by atoms with Gasteiger partial charge in [0.15, 0.2) is 10.4 Å². The van der Waals surface area contributed by atoms with Crippen LogP contribution in [0.3, 0.4) is 0 Å². The number of ether oxygens (including phenoxy) is 1. The fourth-order valence-corrected chi connectivity index (χ4v) is 3.03. The van der Waals surface area contributed by atoms with Gasteiger partial charge in [-0.15, -0.1) is 10.2 Å². The molecule has 1 heterocycles. The minimum atomic E-state index is -0.554. The van der Waals surface area contributed by atoms with Gasteiger partial charge >= 0.3 is 0 Å². The normalized spacial score (nSPS) is 12.0. The largest absolute Gasteiger partial charge is 0.480 e. The van der Waals surface area contributed by atoms with E-state index in [1.807, 2.05) is 45.2 Å². The topological polar surface area (TPSA) is 64.1 Å². The van der Waals surface area contributed by atoms with E-state index in [1.54, 1.807) is 0 Å². The summed E-state index contributed by atoms with van der Waals surface area (Å²) in [6.07, 6.45) is 1.94. The second-order valence-corrected chi connectivity index (χ2v) is 6.81. The third-order valence-corrected chi connectivity index (χ3v) is 5.11. The fraction of sp³-hybridized carbons (Fsp3) is 0.400. The van der Waals surface area contributed by atoms with Gasteiger partial charge in [0.2, 0.25) is 5.13 Å². The lowest BCUT2D eigenvalue weighted by atomic mass is 10.1. The fourth-order valence-electron chi connectivity index (χ4n) is 1.86. The van der Waals surface area contributed by atoms with Crippen molar-refractivity contribution >= 4 is 34.1 Å². The highest BCUT2D eigenvalue weighted by atomic mass is 32.2. The number of thioether (sulfide) groups is 1. The molecule has 0 fully saturated rings. The SMILES string of the molecule is CC[C@@H](Oc1cccc(C)c1C)C(=O)Nc1nnc(SC)s1. The van der Waals surface area contributed by atoms with E-state index in [9.17, 15) is 4.79 Å². The molecular formula is C15H19N3O2S2. The summed E-state index contributed by atoms with van der Waals surface area (Å²) in [5.74, 6) is 0.538.